The van der Waals surface area contributed by atoms with Crippen molar-refractivity contribution < 1.29 is 9.59 Å². The SMILES string of the molecule is CC1=C(C(=O)Nc2ccc(C)cc2C)[C@@H](c2ccccc2)NC(=O)N1. The molecular weight excluding hydrogens is 314 g/mol. The molecule has 0 aliphatic carbocycles. The van der Waals surface area contributed by atoms with Gasteiger partial charge in [-0.05, 0) is 38.0 Å². The van der Waals surface area contributed by atoms with Crippen LogP contribution >= 0.6 is 0 Å². The summed E-state index contributed by atoms with van der Waals surface area (Å²) in [7, 11) is 0. The third-order valence-electron chi connectivity index (χ3n) is 4.28. The molecule has 1 aliphatic heterocycles. The number of amides is 3. The van der Waals surface area contributed by atoms with Gasteiger partial charge in [0.25, 0.3) is 5.91 Å². The van der Waals surface area contributed by atoms with E-state index in [1.54, 1.807) is 6.92 Å². The van der Waals surface area contributed by atoms with Crippen LogP contribution < -0.4 is 16.0 Å². The maximum absolute atomic E-state index is 12.9. The van der Waals surface area contributed by atoms with Crippen LogP contribution in [0.4, 0.5) is 10.5 Å². The fourth-order valence-corrected chi connectivity index (χ4v) is 3.03. The average Bonchev–Trinajstić information content (AvgIpc) is 2.57. The molecule has 0 unspecified atom stereocenters. The van der Waals surface area contributed by atoms with Crippen molar-refractivity contribution in [3.8, 4) is 0 Å². The number of carbonyl (C=O) groups excluding carboxylic acids is 2. The summed E-state index contributed by atoms with van der Waals surface area (Å²) in [5.74, 6) is -0.231. The van der Waals surface area contributed by atoms with Gasteiger partial charge < -0.3 is 16.0 Å². The van der Waals surface area contributed by atoms with Crippen LogP contribution in [0, 0.1) is 13.8 Å². The number of nitrogens with one attached hydrogen (secondary N) is 3. The van der Waals surface area contributed by atoms with Gasteiger partial charge in [-0.1, -0.05) is 48.0 Å². The molecule has 2 aromatic carbocycles. The average molecular weight is 335 g/mol. The molecule has 1 aliphatic rings. The van der Waals surface area contributed by atoms with E-state index in [9.17, 15) is 9.59 Å². The molecule has 0 fully saturated rings. The molecule has 3 rings (SSSR count). The first kappa shape index (κ1) is 16.8. The van der Waals surface area contributed by atoms with Crippen LogP contribution in [0.15, 0.2) is 59.8 Å². The molecule has 5 nitrogen and oxygen atoms in total. The maximum atomic E-state index is 12.9. The van der Waals surface area contributed by atoms with Crippen molar-refractivity contribution in [3.63, 3.8) is 0 Å². The minimum absolute atomic E-state index is 0.231. The largest absolute Gasteiger partial charge is 0.327 e. The summed E-state index contributed by atoms with van der Waals surface area (Å²) in [5.41, 5.74) is 4.82. The Hall–Kier alpha value is -3.08. The first-order valence-corrected chi connectivity index (χ1v) is 8.17. The van der Waals surface area contributed by atoms with Crippen molar-refractivity contribution in [2.75, 3.05) is 5.32 Å². The van der Waals surface area contributed by atoms with Gasteiger partial charge in [0.1, 0.15) is 0 Å². The molecule has 0 aromatic heterocycles. The van der Waals surface area contributed by atoms with Gasteiger partial charge in [0.2, 0.25) is 0 Å². The Balaban J connectivity index is 1.95. The molecule has 3 amide bonds. The first-order chi connectivity index (χ1) is 12.0. The Morgan fingerprint density at radius 3 is 2.44 bits per heavy atom. The number of allylic oxidation sites excluding steroid dienone is 1. The van der Waals surface area contributed by atoms with E-state index in [4.69, 9.17) is 0 Å². The van der Waals surface area contributed by atoms with E-state index in [2.05, 4.69) is 16.0 Å². The van der Waals surface area contributed by atoms with Gasteiger partial charge in [-0.2, -0.15) is 0 Å². The Bertz CT molecular complexity index is 856. The lowest BCUT2D eigenvalue weighted by Gasteiger charge is -2.28. The highest BCUT2D eigenvalue weighted by molar-refractivity contribution is 6.07. The van der Waals surface area contributed by atoms with E-state index in [1.807, 2.05) is 62.4 Å². The summed E-state index contributed by atoms with van der Waals surface area (Å²) >= 11 is 0. The zero-order valence-electron chi connectivity index (χ0n) is 14.5. The molecule has 0 radical (unpaired) electrons. The Labute approximate surface area is 147 Å². The lowest BCUT2D eigenvalue weighted by Crippen LogP contribution is -2.46. The molecule has 2 aromatic rings. The lowest BCUT2D eigenvalue weighted by molar-refractivity contribution is -0.113. The smallest absolute Gasteiger partial charge is 0.319 e. The minimum atomic E-state index is -0.485. The molecule has 0 saturated carbocycles. The van der Waals surface area contributed by atoms with Gasteiger partial charge in [0.15, 0.2) is 0 Å². The highest BCUT2D eigenvalue weighted by atomic mass is 16.2. The van der Waals surface area contributed by atoms with E-state index in [-0.39, 0.29) is 11.9 Å². The summed E-state index contributed by atoms with van der Waals surface area (Å²) in [6, 6.07) is 14.5. The summed E-state index contributed by atoms with van der Waals surface area (Å²) in [4.78, 5) is 24.8. The van der Waals surface area contributed by atoms with Crippen molar-refractivity contribution in [1.29, 1.82) is 0 Å². The molecule has 0 spiro atoms. The van der Waals surface area contributed by atoms with Crippen LogP contribution in [0.3, 0.4) is 0 Å². The number of hydrogen-bond donors (Lipinski definition) is 3. The van der Waals surface area contributed by atoms with Crippen LogP contribution in [-0.4, -0.2) is 11.9 Å². The molecule has 128 valence electrons. The van der Waals surface area contributed by atoms with E-state index >= 15 is 0 Å². The number of anilines is 1. The minimum Gasteiger partial charge on any atom is -0.327 e. The van der Waals surface area contributed by atoms with Crippen LogP contribution in [0.25, 0.3) is 0 Å². The molecule has 0 saturated heterocycles. The van der Waals surface area contributed by atoms with Crippen molar-refractivity contribution in [3.05, 3.63) is 76.5 Å². The predicted molar refractivity (Wildman–Crippen MR) is 98.1 cm³/mol. The second-order valence-electron chi connectivity index (χ2n) is 6.25. The predicted octanol–water partition coefficient (Wildman–Crippen LogP) is 3.57. The molecule has 25 heavy (non-hydrogen) atoms. The zero-order valence-corrected chi connectivity index (χ0v) is 14.5. The van der Waals surface area contributed by atoms with Gasteiger partial charge >= 0.3 is 6.03 Å². The Kier molecular flexibility index (Phi) is 4.57. The topological polar surface area (TPSA) is 70.2 Å². The molecular formula is C20H21N3O2. The molecule has 0 bridgehead atoms. The van der Waals surface area contributed by atoms with Crippen molar-refractivity contribution in [2.24, 2.45) is 0 Å². The van der Waals surface area contributed by atoms with Crippen molar-refractivity contribution in [1.82, 2.24) is 10.6 Å². The molecule has 3 N–H and O–H groups in total. The number of aryl methyl sites for hydroxylation is 2. The maximum Gasteiger partial charge on any atom is 0.319 e. The van der Waals surface area contributed by atoms with Crippen LogP contribution in [0.5, 0.6) is 0 Å². The fourth-order valence-electron chi connectivity index (χ4n) is 3.03. The number of rotatable bonds is 3. The van der Waals surface area contributed by atoms with Crippen LogP contribution in [-0.2, 0) is 4.79 Å². The normalized spacial score (nSPS) is 16.9. The van der Waals surface area contributed by atoms with E-state index < -0.39 is 6.04 Å². The molecule has 1 atom stereocenters. The third kappa shape index (κ3) is 3.55. The van der Waals surface area contributed by atoms with Gasteiger partial charge in [-0.25, -0.2) is 4.79 Å². The summed E-state index contributed by atoms with van der Waals surface area (Å²) in [5, 5.41) is 8.49. The van der Waals surface area contributed by atoms with Crippen molar-refractivity contribution in [2.45, 2.75) is 26.8 Å². The van der Waals surface area contributed by atoms with Gasteiger partial charge in [0, 0.05) is 11.4 Å². The molecule has 1 heterocycles. The standard InChI is InChI=1S/C20H21N3O2/c1-12-9-10-16(13(2)11-12)22-19(24)17-14(3)21-20(25)23-18(17)15-7-5-4-6-8-15/h4-11,18H,1-3H3,(H,22,24)(H2,21,23,25)/t18-/m1/s1. The summed E-state index contributed by atoms with van der Waals surface area (Å²) in [6.45, 7) is 5.71. The highest BCUT2D eigenvalue weighted by Gasteiger charge is 2.31. The lowest BCUT2D eigenvalue weighted by atomic mass is 9.94. The quantitative estimate of drug-likeness (QED) is 0.802. The highest BCUT2D eigenvalue weighted by Crippen LogP contribution is 2.28. The van der Waals surface area contributed by atoms with Gasteiger partial charge in [-0.15, -0.1) is 0 Å². The number of benzene rings is 2. The Morgan fingerprint density at radius 2 is 1.76 bits per heavy atom. The first-order valence-electron chi connectivity index (χ1n) is 8.17. The second kappa shape index (κ2) is 6.81. The van der Waals surface area contributed by atoms with Gasteiger partial charge in [0.05, 0.1) is 11.6 Å². The van der Waals surface area contributed by atoms with Gasteiger partial charge in [-0.3, -0.25) is 4.79 Å². The van der Waals surface area contributed by atoms with Crippen LogP contribution in [0.2, 0.25) is 0 Å². The summed E-state index contributed by atoms with van der Waals surface area (Å²) < 4.78 is 0. The number of urea groups is 1. The van der Waals surface area contributed by atoms with Crippen LogP contribution in [0.1, 0.15) is 29.7 Å². The Morgan fingerprint density at radius 1 is 1.04 bits per heavy atom. The van der Waals surface area contributed by atoms with E-state index in [1.165, 1.54) is 0 Å². The number of carbonyl (C=O) groups is 2. The zero-order chi connectivity index (χ0) is 18.0. The summed E-state index contributed by atoms with van der Waals surface area (Å²) in [6.07, 6.45) is 0. The fraction of sp³-hybridized carbons (Fsp3) is 0.200. The van der Waals surface area contributed by atoms with E-state index in [0.29, 0.717) is 11.3 Å². The molecule has 5 heteroatoms. The number of hydrogen-bond acceptors (Lipinski definition) is 2. The second-order valence-corrected chi connectivity index (χ2v) is 6.25. The monoisotopic (exact) mass is 335 g/mol. The third-order valence-corrected chi connectivity index (χ3v) is 4.28. The van der Waals surface area contributed by atoms with Crippen molar-refractivity contribution >= 4 is 17.6 Å². The van der Waals surface area contributed by atoms with E-state index in [0.717, 1.165) is 22.4 Å².